The number of amides is 1. The molecule has 0 aromatic heterocycles. The first-order valence-corrected chi connectivity index (χ1v) is 10.5. The summed E-state index contributed by atoms with van der Waals surface area (Å²) in [6, 6.07) is 6.47. The summed E-state index contributed by atoms with van der Waals surface area (Å²) in [6.07, 6.45) is 5.11. The molecule has 0 spiro atoms. The zero-order valence-electron chi connectivity index (χ0n) is 15.5. The molecular weight excluding hydrogens is 354 g/mol. The average molecular weight is 384 g/mol. The molecule has 0 bridgehead atoms. The Morgan fingerprint density at radius 2 is 2.00 bits per heavy atom. The van der Waals surface area contributed by atoms with Crippen molar-refractivity contribution in [3.05, 3.63) is 24.3 Å². The highest BCUT2D eigenvalue weighted by atomic mass is 32.2. The number of ether oxygens (including phenoxy) is 1. The predicted molar refractivity (Wildman–Crippen MR) is 102 cm³/mol. The molecule has 146 valence electrons. The van der Waals surface area contributed by atoms with E-state index in [9.17, 15) is 13.2 Å². The molecular formula is C18H29N3O4S. The third-order valence-corrected chi connectivity index (χ3v) is 6.56. The lowest BCUT2D eigenvalue weighted by Crippen LogP contribution is -2.38. The van der Waals surface area contributed by atoms with E-state index in [0.29, 0.717) is 18.8 Å². The molecule has 1 aromatic rings. The highest BCUT2D eigenvalue weighted by molar-refractivity contribution is 7.89. The number of methoxy groups -OCH3 is 1. The number of rotatable bonds is 9. The number of carbonyl (C=O) groups is 1. The standard InChI is InChI=1S/C18H29N3O4S/c1-21(16-8-4-3-5-9-16)26(23,24)17-10-6-7-15(13-17)20-18(22)14-19-11-12-25-2/h6-7,10,13,16,19H,3-5,8-9,11-12,14H2,1-2H3,(H,20,22). The van der Waals surface area contributed by atoms with Gasteiger partial charge < -0.3 is 15.4 Å². The van der Waals surface area contributed by atoms with Gasteiger partial charge in [0.25, 0.3) is 0 Å². The van der Waals surface area contributed by atoms with E-state index < -0.39 is 10.0 Å². The van der Waals surface area contributed by atoms with Crippen LogP contribution in [0.3, 0.4) is 0 Å². The maximum atomic E-state index is 12.9. The minimum Gasteiger partial charge on any atom is -0.383 e. The van der Waals surface area contributed by atoms with Gasteiger partial charge in [-0.1, -0.05) is 25.3 Å². The molecule has 1 amide bonds. The van der Waals surface area contributed by atoms with Crippen LogP contribution in [-0.2, 0) is 19.6 Å². The van der Waals surface area contributed by atoms with Crippen LogP contribution in [0, 0.1) is 0 Å². The summed E-state index contributed by atoms with van der Waals surface area (Å²) in [4.78, 5) is 12.1. The van der Waals surface area contributed by atoms with Crippen LogP contribution >= 0.6 is 0 Å². The Kier molecular flexibility index (Phi) is 8.02. The van der Waals surface area contributed by atoms with Crippen molar-refractivity contribution in [3.8, 4) is 0 Å². The van der Waals surface area contributed by atoms with Crippen LogP contribution in [0.5, 0.6) is 0 Å². The molecule has 7 nitrogen and oxygen atoms in total. The lowest BCUT2D eigenvalue weighted by Gasteiger charge is -2.30. The number of hydrogen-bond donors (Lipinski definition) is 2. The summed E-state index contributed by atoms with van der Waals surface area (Å²) >= 11 is 0. The number of benzene rings is 1. The van der Waals surface area contributed by atoms with Crippen LogP contribution in [0.25, 0.3) is 0 Å². The average Bonchev–Trinajstić information content (AvgIpc) is 2.65. The molecule has 0 aliphatic heterocycles. The fourth-order valence-corrected chi connectivity index (χ4v) is 4.59. The fourth-order valence-electron chi connectivity index (χ4n) is 3.12. The van der Waals surface area contributed by atoms with Crippen LogP contribution < -0.4 is 10.6 Å². The molecule has 26 heavy (non-hydrogen) atoms. The largest absolute Gasteiger partial charge is 0.383 e. The Bertz CT molecular complexity index is 687. The van der Waals surface area contributed by atoms with Crippen molar-refractivity contribution in [1.82, 2.24) is 9.62 Å². The highest BCUT2D eigenvalue weighted by Gasteiger charge is 2.29. The van der Waals surface area contributed by atoms with Gasteiger partial charge in [-0.2, -0.15) is 4.31 Å². The minimum atomic E-state index is -3.57. The van der Waals surface area contributed by atoms with Crippen LogP contribution in [0.4, 0.5) is 5.69 Å². The van der Waals surface area contributed by atoms with Crippen molar-refractivity contribution in [1.29, 1.82) is 0 Å². The quantitative estimate of drug-likeness (QED) is 0.635. The van der Waals surface area contributed by atoms with E-state index in [1.807, 2.05) is 0 Å². The van der Waals surface area contributed by atoms with Gasteiger partial charge in [0.1, 0.15) is 0 Å². The van der Waals surface area contributed by atoms with Gasteiger partial charge in [0.2, 0.25) is 15.9 Å². The van der Waals surface area contributed by atoms with E-state index >= 15 is 0 Å². The van der Waals surface area contributed by atoms with Crippen LogP contribution in [0.15, 0.2) is 29.2 Å². The monoisotopic (exact) mass is 383 g/mol. The molecule has 2 N–H and O–H groups in total. The van der Waals surface area contributed by atoms with Crippen molar-refractivity contribution in [3.63, 3.8) is 0 Å². The second-order valence-electron chi connectivity index (χ2n) is 6.56. The zero-order valence-corrected chi connectivity index (χ0v) is 16.3. The fraction of sp³-hybridized carbons (Fsp3) is 0.611. The second kappa shape index (κ2) is 10.0. The van der Waals surface area contributed by atoms with Crippen molar-refractivity contribution in [2.45, 2.75) is 43.0 Å². The van der Waals surface area contributed by atoms with E-state index in [0.717, 1.165) is 25.7 Å². The zero-order chi connectivity index (χ0) is 19.0. The summed E-state index contributed by atoms with van der Waals surface area (Å²) in [6.45, 7) is 1.24. The third kappa shape index (κ3) is 5.77. The lowest BCUT2D eigenvalue weighted by molar-refractivity contribution is -0.115. The summed E-state index contributed by atoms with van der Waals surface area (Å²) in [5, 5.41) is 5.67. The first-order chi connectivity index (χ1) is 12.4. The third-order valence-electron chi connectivity index (χ3n) is 4.65. The Morgan fingerprint density at radius 3 is 2.69 bits per heavy atom. The summed E-state index contributed by atoms with van der Waals surface area (Å²) < 4.78 is 32.2. The molecule has 0 heterocycles. The first-order valence-electron chi connectivity index (χ1n) is 9.03. The van der Waals surface area contributed by atoms with Gasteiger partial charge in [-0.15, -0.1) is 0 Å². The number of anilines is 1. The van der Waals surface area contributed by atoms with E-state index in [1.54, 1.807) is 32.4 Å². The predicted octanol–water partition coefficient (Wildman–Crippen LogP) is 1.81. The van der Waals surface area contributed by atoms with Crippen LogP contribution in [0.2, 0.25) is 0 Å². The van der Waals surface area contributed by atoms with E-state index in [2.05, 4.69) is 10.6 Å². The van der Waals surface area contributed by atoms with Gasteiger partial charge in [-0.05, 0) is 31.0 Å². The van der Waals surface area contributed by atoms with Crippen LogP contribution in [-0.4, -0.2) is 58.5 Å². The number of nitrogens with one attached hydrogen (secondary N) is 2. The number of sulfonamides is 1. The van der Waals surface area contributed by atoms with Gasteiger partial charge in [0, 0.05) is 32.4 Å². The molecule has 2 rings (SSSR count). The normalized spacial score (nSPS) is 16.0. The van der Waals surface area contributed by atoms with E-state index in [1.165, 1.54) is 16.8 Å². The molecule has 1 aliphatic carbocycles. The van der Waals surface area contributed by atoms with E-state index in [-0.39, 0.29) is 23.4 Å². The smallest absolute Gasteiger partial charge is 0.243 e. The van der Waals surface area contributed by atoms with Gasteiger partial charge in [0.05, 0.1) is 18.0 Å². The summed E-state index contributed by atoms with van der Waals surface area (Å²) in [5.74, 6) is -0.226. The van der Waals surface area contributed by atoms with Gasteiger partial charge >= 0.3 is 0 Å². The number of nitrogens with zero attached hydrogens (tertiary/aromatic N) is 1. The number of hydrogen-bond acceptors (Lipinski definition) is 5. The molecule has 0 radical (unpaired) electrons. The topological polar surface area (TPSA) is 87.7 Å². The molecule has 1 saturated carbocycles. The molecule has 0 saturated heterocycles. The van der Waals surface area contributed by atoms with Crippen molar-refractivity contribution in [2.24, 2.45) is 0 Å². The SMILES string of the molecule is COCCNCC(=O)Nc1cccc(S(=O)(=O)N(C)C2CCCCC2)c1. The molecule has 1 aromatic carbocycles. The van der Waals surface area contributed by atoms with Gasteiger partial charge in [0.15, 0.2) is 0 Å². The molecule has 0 unspecified atom stereocenters. The Morgan fingerprint density at radius 1 is 1.27 bits per heavy atom. The Hall–Kier alpha value is -1.48. The second-order valence-corrected chi connectivity index (χ2v) is 8.56. The van der Waals surface area contributed by atoms with Crippen molar-refractivity contribution >= 4 is 21.6 Å². The maximum absolute atomic E-state index is 12.9. The lowest BCUT2D eigenvalue weighted by atomic mass is 9.96. The van der Waals surface area contributed by atoms with Gasteiger partial charge in [-0.25, -0.2) is 8.42 Å². The first kappa shape index (κ1) is 20.8. The van der Waals surface area contributed by atoms with Crippen molar-refractivity contribution < 1.29 is 17.9 Å². The molecule has 1 aliphatic rings. The highest BCUT2D eigenvalue weighted by Crippen LogP contribution is 2.27. The molecule has 8 heteroatoms. The Balaban J connectivity index is 2.01. The molecule has 0 atom stereocenters. The molecule has 1 fully saturated rings. The van der Waals surface area contributed by atoms with Crippen LogP contribution in [0.1, 0.15) is 32.1 Å². The van der Waals surface area contributed by atoms with E-state index in [4.69, 9.17) is 4.74 Å². The maximum Gasteiger partial charge on any atom is 0.243 e. The summed E-state index contributed by atoms with van der Waals surface area (Å²) in [5.41, 5.74) is 0.474. The minimum absolute atomic E-state index is 0.0528. The number of carbonyl (C=O) groups excluding carboxylic acids is 1. The van der Waals surface area contributed by atoms with Gasteiger partial charge in [-0.3, -0.25) is 4.79 Å². The van der Waals surface area contributed by atoms with Crippen molar-refractivity contribution in [2.75, 3.05) is 39.2 Å². The summed E-state index contributed by atoms with van der Waals surface area (Å²) in [7, 11) is -0.327. The Labute approximate surface area is 156 Å².